The third-order valence-corrected chi connectivity index (χ3v) is 3.42. The highest BCUT2D eigenvalue weighted by atomic mass is 79.9. The van der Waals surface area contributed by atoms with Crippen LogP contribution in [-0.4, -0.2) is 5.78 Å². The Bertz CT molecular complexity index is 385. The lowest BCUT2D eigenvalue weighted by atomic mass is 9.81. The highest BCUT2D eigenvalue weighted by molar-refractivity contribution is 9.10. The summed E-state index contributed by atoms with van der Waals surface area (Å²) in [7, 11) is 0. The standard InChI is InChI=1S/C12H12BrFO/c13-9-4-5-10(11(14)7-9)12(15)6-8-2-1-3-8/h4-5,7-8H,1-3,6H2. The van der Waals surface area contributed by atoms with Crippen molar-refractivity contribution in [1.82, 2.24) is 0 Å². The molecule has 0 aromatic heterocycles. The van der Waals surface area contributed by atoms with Crippen molar-refractivity contribution in [3.63, 3.8) is 0 Å². The number of hydrogen-bond acceptors (Lipinski definition) is 1. The molecule has 3 heteroatoms. The minimum absolute atomic E-state index is 0.0651. The van der Waals surface area contributed by atoms with E-state index in [4.69, 9.17) is 0 Å². The first kappa shape index (κ1) is 10.8. The number of benzene rings is 1. The zero-order chi connectivity index (χ0) is 10.8. The van der Waals surface area contributed by atoms with Gasteiger partial charge in [0.05, 0.1) is 5.56 Å². The molecule has 1 nitrogen and oxygen atoms in total. The zero-order valence-corrected chi connectivity index (χ0v) is 9.89. The largest absolute Gasteiger partial charge is 0.294 e. The maximum absolute atomic E-state index is 13.4. The molecule has 0 unspecified atom stereocenters. The quantitative estimate of drug-likeness (QED) is 0.760. The summed E-state index contributed by atoms with van der Waals surface area (Å²) in [5, 5.41) is 0. The van der Waals surface area contributed by atoms with Crippen LogP contribution in [0.5, 0.6) is 0 Å². The van der Waals surface area contributed by atoms with Gasteiger partial charge in [-0.1, -0.05) is 35.2 Å². The molecular weight excluding hydrogens is 259 g/mol. The third-order valence-electron chi connectivity index (χ3n) is 2.93. The molecule has 0 heterocycles. The van der Waals surface area contributed by atoms with Gasteiger partial charge in [-0.2, -0.15) is 0 Å². The summed E-state index contributed by atoms with van der Waals surface area (Å²) in [6.45, 7) is 0. The van der Waals surface area contributed by atoms with Crippen LogP contribution in [-0.2, 0) is 0 Å². The van der Waals surface area contributed by atoms with Crippen LogP contribution in [0.25, 0.3) is 0 Å². The fourth-order valence-corrected chi connectivity index (χ4v) is 2.12. The van der Waals surface area contributed by atoms with E-state index in [1.807, 2.05) is 0 Å². The Morgan fingerprint density at radius 1 is 1.47 bits per heavy atom. The number of carbonyl (C=O) groups excluding carboxylic acids is 1. The van der Waals surface area contributed by atoms with Gasteiger partial charge in [0.2, 0.25) is 0 Å². The van der Waals surface area contributed by atoms with Crippen molar-refractivity contribution in [3.05, 3.63) is 34.1 Å². The normalized spacial score (nSPS) is 16.1. The molecule has 0 spiro atoms. The minimum Gasteiger partial charge on any atom is -0.294 e. The molecule has 1 saturated carbocycles. The summed E-state index contributed by atoms with van der Waals surface area (Å²) in [6.07, 6.45) is 3.94. The molecule has 0 aliphatic heterocycles. The van der Waals surface area contributed by atoms with Gasteiger partial charge in [0.25, 0.3) is 0 Å². The molecule has 0 saturated heterocycles. The molecule has 80 valence electrons. The van der Waals surface area contributed by atoms with Crippen molar-refractivity contribution >= 4 is 21.7 Å². The van der Waals surface area contributed by atoms with Gasteiger partial charge in [-0.05, 0) is 24.1 Å². The second-order valence-electron chi connectivity index (χ2n) is 4.05. The van der Waals surface area contributed by atoms with Crippen molar-refractivity contribution in [2.45, 2.75) is 25.7 Å². The molecule has 1 aromatic carbocycles. The van der Waals surface area contributed by atoms with E-state index < -0.39 is 5.82 Å². The van der Waals surface area contributed by atoms with E-state index in [9.17, 15) is 9.18 Å². The van der Waals surface area contributed by atoms with Crippen LogP contribution in [0.15, 0.2) is 22.7 Å². The lowest BCUT2D eigenvalue weighted by Gasteiger charge is -2.24. The molecule has 0 N–H and O–H groups in total. The maximum atomic E-state index is 13.4. The van der Waals surface area contributed by atoms with Gasteiger partial charge in [0, 0.05) is 10.9 Å². The lowest BCUT2D eigenvalue weighted by molar-refractivity contribution is 0.0932. The molecule has 0 amide bonds. The smallest absolute Gasteiger partial charge is 0.166 e. The first-order chi connectivity index (χ1) is 7.16. The van der Waals surface area contributed by atoms with Crippen LogP contribution in [0.3, 0.4) is 0 Å². The van der Waals surface area contributed by atoms with Crippen LogP contribution in [0.1, 0.15) is 36.0 Å². The van der Waals surface area contributed by atoms with Gasteiger partial charge in [0.1, 0.15) is 5.82 Å². The Kier molecular flexibility index (Phi) is 3.19. The van der Waals surface area contributed by atoms with Crippen LogP contribution in [0, 0.1) is 11.7 Å². The van der Waals surface area contributed by atoms with Crippen molar-refractivity contribution in [2.75, 3.05) is 0 Å². The Morgan fingerprint density at radius 3 is 2.73 bits per heavy atom. The zero-order valence-electron chi connectivity index (χ0n) is 8.30. The highest BCUT2D eigenvalue weighted by Crippen LogP contribution is 2.31. The number of rotatable bonds is 3. The Morgan fingerprint density at radius 2 is 2.20 bits per heavy atom. The third kappa shape index (κ3) is 2.46. The summed E-state index contributed by atoms with van der Waals surface area (Å²) in [5.41, 5.74) is 0.227. The topological polar surface area (TPSA) is 17.1 Å². The number of hydrogen-bond donors (Lipinski definition) is 0. The lowest BCUT2D eigenvalue weighted by Crippen LogP contribution is -2.16. The molecule has 0 bridgehead atoms. The van der Waals surface area contributed by atoms with Crippen molar-refractivity contribution in [2.24, 2.45) is 5.92 Å². The maximum Gasteiger partial charge on any atom is 0.166 e. The number of ketones is 1. The molecule has 0 atom stereocenters. The first-order valence-corrected chi connectivity index (χ1v) is 5.94. The summed E-state index contributed by atoms with van der Waals surface area (Å²) < 4.78 is 14.1. The molecule has 0 radical (unpaired) electrons. The van der Waals surface area contributed by atoms with E-state index in [1.165, 1.54) is 12.5 Å². The number of Topliss-reactive ketones (excluding diaryl/α,β-unsaturated/α-hetero) is 1. The second-order valence-corrected chi connectivity index (χ2v) is 4.96. The average molecular weight is 271 g/mol. The average Bonchev–Trinajstić information content (AvgIpc) is 2.11. The van der Waals surface area contributed by atoms with Gasteiger partial charge < -0.3 is 0 Å². The van der Waals surface area contributed by atoms with E-state index >= 15 is 0 Å². The molecule has 15 heavy (non-hydrogen) atoms. The Balaban J connectivity index is 2.10. The summed E-state index contributed by atoms with van der Waals surface area (Å²) in [5.74, 6) is -0.000977. The molecule has 1 aliphatic carbocycles. The molecule has 1 aliphatic rings. The summed E-state index contributed by atoms with van der Waals surface area (Å²) >= 11 is 3.17. The van der Waals surface area contributed by atoms with Gasteiger partial charge in [-0.15, -0.1) is 0 Å². The first-order valence-electron chi connectivity index (χ1n) is 5.15. The summed E-state index contributed by atoms with van der Waals surface area (Å²) in [4.78, 5) is 11.7. The van der Waals surface area contributed by atoms with E-state index in [1.54, 1.807) is 12.1 Å². The Hall–Kier alpha value is -0.700. The predicted octanol–water partition coefficient (Wildman–Crippen LogP) is 3.96. The minimum atomic E-state index is -0.423. The highest BCUT2D eigenvalue weighted by Gasteiger charge is 2.22. The molecule has 1 aromatic rings. The van der Waals surface area contributed by atoms with Crippen molar-refractivity contribution in [3.8, 4) is 0 Å². The predicted molar refractivity (Wildman–Crippen MR) is 60.4 cm³/mol. The van der Waals surface area contributed by atoms with E-state index in [-0.39, 0.29) is 11.3 Å². The van der Waals surface area contributed by atoms with Crippen molar-refractivity contribution < 1.29 is 9.18 Å². The van der Waals surface area contributed by atoms with E-state index in [2.05, 4.69) is 15.9 Å². The van der Waals surface area contributed by atoms with Gasteiger partial charge in [0.15, 0.2) is 5.78 Å². The SMILES string of the molecule is O=C(CC1CCC1)c1ccc(Br)cc1F. The van der Waals surface area contributed by atoms with Crippen LogP contribution >= 0.6 is 15.9 Å². The molecular formula is C12H12BrFO. The van der Waals surface area contributed by atoms with Gasteiger partial charge in [-0.25, -0.2) is 4.39 Å². The van der Waals surface area contributed by atoms with E-state index in [0.29, 0.717) is 16.8 Å². The Labute approximate surface area is 96.8 Å². The molecule has 1 fully saturated rings. The monoisotopic (exact) mass is 270 g/mol. The van der Waals surface area contributed by atoms with Crippen LogP contribution in [0.4, 0.5) is 4.39 Å². The van der Waals surface area contributed by atoms with Gasteiger partial charge >= 0.3 is 0 Å². The summed E-state index contributed by atoms with van der Waals surface area (Å²) in [6, 6.07) is 4.60. The van der Waals surface area contributed by atoms with Gasteiger partial charge in [-0.3, -0.25) is 4.79 Å². The second kappa shape index (κ2) is 4.44. The molecule has 2 rings (SSSR count). The van der Waals surface area contributed by atoms with Crippen molar-refractivity contribution in [1.29, 1.82) is 0 Å². The fourth-order valence-electron chi connectivity index (χ4n) is 1.78. The number of carbonyl (C=O) groups is 1. The fraction of sp³-hybridized carbons (Fsp3) is 0.417. The van der Waals surface area contributed by atoms with E-state index in [0.717, 1.165) is 12.8 Å². The van der Waals surface area contributed by atoms with Crippen LogP contribution < -0.4 is 0 Å². The number of halogens is 2. The van der Waals surface area contributed by atoms with Crippen LogP contribution in [0.2, 0.25) is 0 Å².